The van der Waals surface area contributed by atoms with Crippen LogP contribution in [0.15, 0.2) is 0 Å². The lowest BCUT2D eigenvalue weighted by atomic mass is 9.42. The van der Waals surface area contributed by atoms with Gasteiger partial charge in [-0.15, -0.1) is 0 Å². The van der Waals surface area contributed by atoms with Gasteiger partial charge < -0.3 is 9.84 Å². The number of hydrogen-bond donors (Lipinski definition) is 1. The maximum atomic E-state index is 13.5. The topological polar surface area (TPSA) is 46.5 Å². The highest BCUT2D eigenvalue weighted by molar-refractivity contribution is 5.89. The van der Waals surface area contributed by atoms with Crippen molar-refractivity contribution < 1.29 is 14.6 Å². The van der Waals surface area contributed by atoms with Crippen LogP contribution in [-0.2, 0) is 9.53 Å². The van der Waals surface area contributed by atoms with Crippen molar-refractivity contribution in [2.24, 2.45) is 46.3 Å². The van der Waals surface area contributed by atoms with Gasteiger partial charge in [-0.2, -0.15) is 0 Å². The van der Waals surface area contributed by atoms with Gasteiger partial charge in [0.25, 0.3) is 0 Å². The van der Waals surface area contributed by atoms with E-state index in [1.807, 2.05) is 0 Å². The number of hydrogen-bond acceptors (Lipinski definition) is 3. The molecule has 0 aliphatic heterocycles. The van der Waals surface area contributed by atoms with E-state index >= 15 is 0 Å². The second-order valence-corrected chi connectivity index (χ2v) is 12.9. The Hall–Kier alpha value is -0.410. The molecule has 4 fully saturated rings. The maximum Gasteiger partial charge on any atom is 0.165 e. The summed E-state index contributed by atoms with van der Waals surface area (Å²) in [6.07, 6.45) is 12.2. The van der Waals surface area contributed by atoms with E-state index in [-0.39, 0.29) is 17.3 Å². The Balaban J connectivity index is 1.53. The fourth-order valence-corrected chi connectivity index (χ4v) is 9.23. The molecule has 3 nitrogen and oxygen atoms in total. The minimum absolute atomic E-state index is 0.0231. The van der Waals surface area contributed by atoms with E-state index in [1.54, 1.807) is 7.11 Å². The molecule has 0 aromatic rings. The molecule has 0 bridgehead atoms. The lowest BCUT2D eigenvalue weighted by Crippen LogP contribution is -2.67. The fourth-order valence-electron chi connectivity index (χ4n) is 9.23. The van der Waals surface area contributed by atoms with Crippen LogP contribution in [0.1, 0.15) is 105 Å². The Bertz CT molecular complexity index is 673. The van der Waals surface area contributed by atoms with Gasteiger partial charge in [-0.05, 0) is 79.4 Å². The van der Waals surface area contributed by atoms with Crippen LogP contribution in [0.4, 0.5) is 0 Å². The molecular weight excluding hydrogens is 384 g/mol. The Morgan fingerprint density at radius 2 is 1.77 bits per heavy atom. The summed E-state index contributed by atoms with van der Waals surface area (Å²) in [6.45, 7) is 12.0. The number of fused-ring (bicyclic) bond motifs is 5. The summed E-state index contributed by atoms with van der Waals surface area (Å²) >= 11 is 0. The zero-order valence-corrected chi connectivity index (χ0v) is 21.1. The Morgan fingerprint density at radius 3 is 2.45 bits per heavy atom. The van der Waals surface area contributed by atoms with Crippen LogP contribution in [-0.4, -0.2) is 29.7 Å². The van der Waals surface area contributed by atoms with Crippen LogP contribution in [0.2, 0.25) is 0 Å². The van der Waals surface area contributed by atoms with Crippen molar-refractivity contribution in [2.45, 2.75) is 117 Å². The van der Waals surface area contributed by atoms with Crippen LogP contribution in [0.5, 0.6) is 0 Å². The number of methoxy groups -OCH3 is 1. The molecule has 0 aromatic carbocycles. The van der Waals surface area contributed by atoms with Crippen LogP contribution >= 0.6 is 0 Å². The summed E-state index contributed by atoms with van der Waals surface area (Å²) in [5.41, 5.74) is -1.07. The van der Waals surface area contributed by atoms with Crippen molar-refractivity contribution >= 4 is 5.78 Å². The molecule has 0 aromatic heterocycles. The van der Waals surface area contributed by atoms with Gasteiger partial charge in [-0.25, -0.2) is 0 Å². The highest BCUT2D eigenvalue weighted by atomic mass is 16.5. The predicted octanol–water partition coefficient (Wildman–Crippen LogP) is 6.42. The summed E-state index contributed by atoms with van der Waals surface area (Å²) in [6, 6.07) is 0. The van der Waals surface area contributed by atoms with E-state index in [4.69, 9.17) is 4.74 Å². The number of rotatable bonds is 6. The largest absolute Gasteiger partial charge is 0.381 e. The summed E-state index contributed by atoms with van der Waals surface area (Å²) in [4.78, 5) is 13.5. The van der Waals surface area contributed by atoms with Crippen molar-refractivity contribution in [1.29, 1.82) is 0 Å². The smallest absolute Gasteiger partial charge is 0.165 e. The lowest BCUT2D eigenvalue weighted by molar-refractivity contribution is -0.215. The lowest BCUT2D eigenvalue weighted by Gasteiger charge is -2.63. The van der Waals surface area contributed by atoms with Gasteiger partial charge in [0.2, 0.25) is 0 Å². The van der Waals surface area contributed by atoms with Crippen LogP contribution in [0, 0.1) is 46.3 Å². The zero-order chi connectivity index (χ0) is 22.6. The standard InChI is InChI=1S/C28H48O3/c1-18(2)8-7-9-19(3)22-10-11-23-21-16-25(29)28(30)17-20(31-6)12-15-27(28,5)24(21)13-14-26(22,23)4/h18-24,30H,7-17H2,1-6H3/t19-,20-,21-,22-,23+,24+,26-,27-,28+/m1/s1. The van der Waals surface area contributed by atoms with Crippen molar-refractivity contribution in [2.75, 3.05) is 7.11 Å². The molecule has 3 heteroatoms. The minimum atomic E-state index is -1.18. The van der Waals surface area contributed by atoms with Crippen LogP contribution in [0.3, 0.4) is 0 Å². The van der Waals surface area contributed by atoms with Crippen molar-refractivity contribution in [1.82, 2.24) is 0 Å². The van der Waals surface area contributed by atoms with Gasteiger partial charge in [0, 0.05) is 25.4 Å². The van der Waals surface area contributed by atoms with Crippen molar-refractivity contribution in [3.05, 3.63) is 0 Å². The van der Waals surface area contributed by atoms with E-state index in [0.717, 1.165) is 30.6 Å². The van der Waals surface area contributed by atoms with E-state index in [2.05, 4.69) is 34.6 Å². The number of carbonyl (C=O) groups is 1. The molecule has 31 heavy (non-hydrogen) atoms. The van der Waals surface area contributed by atoms with E-state index in [9.17, 15) is 9.90 Å². The first-order chi connectivity index (χ1) is 14.6. The van der Waals surface area contributed by atoms with Gasteiger partial charge in [0.15, 0.2) is 5.78 Å². The summed E-state index contributed by atoms with van der Waals surface area (Å²) in [7, 11) is 1.72. The van der Waals surface area contributed by atoms with Crippen molar-refractivity contribution in [3.63, 3.8) is 0 Å². The number of Topliss-reactive ketones (excluding diaryl/α,β-unsaturated/α-hetero) is 1. The Kier molecular flexibility index (Phi) is 6.45. The number of carbonyl (C=O) groups excluding carboxylic acids is 1. The van der Waals surface area contributed by atoms with Gasteiger partial charge in [-0.1, -0.05) is 53.9 Å². The molecule has 0 saturated heterocycles. The molecule has 178 valence electrons. The normalized spacial score (nSPS) is 48.3. The molecular formula is C28H48O3. The molecule has 0 spiro atoms. The molecule has 4 saturated carbocycles. The van der Waals surface area contributed by atoms with Gasteiger partial charge >= 0.3 is 0 Å². The Morgan fingerprint density at radius 1 is 1.03 bits per heavy atom. The SMILES string of the molecule is CO[C@@H]1CC[C@]2(C)[C@H]3CC[C@]4(C)[C@@H]([C@H](C)CCCC(C)C)CC[C@H]4[C@H]3CC(=O)[C@@]2(O)C1. The van der Waals surface area contributed by atoms with E-state index in [0.29, 0.717) is 36.0 Å². The first kappa shape index (κ1) is 23.7. The molecule has 4 aliphatic carbocycles. The van der Waals surface area contributed by atoms with E-state index < -0.39 is 5.60 Å². The quantitative estimate of drug-likeness (QED) is 0.527. The molecule has 0 heterocycles. The molecule has 0 radical (unpaired) electrons. The highest BCUT2D eigenvalue weighted by Crippen LogP contribution is 2.68. The number of aliphatic hydroxyl groups is 1. The van der Waals surface area contributed by atoms with Crippen molar-refractivity contribution in [3.8, 4) is 0 Å². The third kappa shape index (κ3) is 3.65. The van der Waals surface area contributed by atoms with Crippen LogP contribution in [0.25, 0.3) is 0 Å². The summed E-state index contributed by atoms with van der Waals surface area (Å²) in [5.74, 6) is 4.14. The summed E-state index contributed by atoms with van der Waals surface area (Å²) < 4.78 is 5.60. The van der Waals surface area contributed by atoms with Gasteiger partial charge in [0.1, 0.15) is 5.60 Å². The number of ketones is 1. The summed E-state index contributed by atoms with van der Waals surface area (Å²) in [5, 5.41) is 11.7. The fraction of sp³-hybridized carbons (Fsp3) is 0.964. The first-order valence-electron chi connectivity index (χ1n) is 13.3. The second kappa shape index (κ2) is 8.42. The third-order valence-electron chi connectivity index (χ3n) is 11.1. The average Bonchev–Trinajstić information content (AvgIpc) is 3.06. The monoisotopic (exact) mass is 432 g/mol. The molecule has 1 N–H and O–H groups in total. The van der Waals surface area contributed by atoms with E-state index in [1.165, 1.54) is 44.9 Å². The molecule has 4 rings (SSSR count). The molecule has 0 unspecified atom stereocenters. The Labute approximate surface area is 191 Å². The molecule has 9 atom stereocenters. The second-order valence-electron chi connectivity index (χ2n) is 12.9. The van der Waals surface area contributed by atoms with Gasteiger partial charge in [0.05, 0.1) is 6.10 Å². The first-order valence-corrected chi connectivity index (χ1v) is 13.3. The molecule has 0 amide bonds. The highest BCUT2D eigenvalue weighted by Gasteiger charge is 2.67. The maximum absolute atomic E-state index is 13.5. The average molecular weight is 433 g/mol. The predicted molar refractivity (Wildman–Crippen MR) is 126 cm³/mol. The van der Waals surface area contributed by atoms with Gasteiger partial charge in [-0.3, -0.25) is 4.79 Å². The minimum Gasteiger partial charge on any atom is -0.381 e. The zero-order valence-electron chi connectivity index (χ0n) is 21.1. The third-order valence-corrected chi connectivity index (χ3v) is 11.1. The number of ether oxygens (including phenoxy) is 1. The van der Waals surface area contributed by atoms with Crippen LogP contribution < -0.4 is 0 Å². The molecule has 4 aliphatic rings.